The Kier molecular flexibility index (Phi) is 29.1. The molecule has 1 aromatic carbocycles. The first-order valence-corrected chi connectivity index (χ1v) is 39.7. The molecule has 3 atom stereocenters. The predicted octanol–water partition coefficient (Wildman–Crippen LogP) is 23.6. The van der Waals surface area contributed by atoms with Crippen LogP contribution in [0.2, 0.25) is 0 Å². The first-order chi connectivity index (χ1) is 42.3. The zero-order valence-corrected chi connectivity index (χ0v) is 59.4. The number of rotatable bonds is 35. The van der Waals surface area contributed by atoms with Crippen LogP contribution in [0.25, 0.3) is 30.3 Å². The first kappa shape index (κ1) is 69.8. The van der Waals surface area contributed by atoms with Gasteiger partial charge in [0.2, 0.25) is 0 Å². The summed E-state index contributed by atoms with van der Waals surface area (Å²) >= 11 is 7.33. The van der Waals surface area contributed by atoms with E-state index in [2.05, 4.69) is 107 Å². The lowest BCUT2D eigenvalue weighted by Gasteiger charge is -2.27. The van der Waals surface area contributed by atoms with Crippen LogP contribution in [0.1, 0.15) is 331 Å². The van der Waals surface area contributed by atoms with Crippen molar-refractivity contribution in [3.05, 3.63) is 78.5 Å². The number of unbranched alkanes of at least 4 members (excludes halogenated alkanes) is 25. The van der Waals surface area contributed by atoms with Crippen LogP contribution in [-0.4, -0.2) is 24.9 Å². The van der Waals surface area contributed by atoms with Gasteiger partial charge in [-0.05, 0) is 105 Å². The Bertz CT molecular complexity index is 2950. The summed E-state index contributed by atoms with van der Waals surface area (Å²) in [5.74, 6) is 1.10. The molecule has 0 spiro atoms. The second-order valence-electron chi connectivity index (χ2n) is 28.7. The zero-order valence-electron chi connectivity index (χ0n) is 56.1. The molecule has 2 N–H and O–H groups in total. The van der Waals surface area contributed by atoms with Crippen LogP contribution in [0, 0.1) is 11.8 Å². The fraction of sp³-hybridized carbons (Fsp3) is 0.692. The fourth-order valence-electron chi connectivity index (χ4n) is 14.4. The van der Waals surface area contributed by atoms with Gasteiger partial charge in [0, 0.05) is 67.7 Å². The van der Waals surface area contributed by atoms with E-state index in [-0.39, 0.29) is 17.2 Å². The second-order valence-corrected chi connectivity index (χ2v) is 33.1. The molecule has 0 radical (unpaired) electrons. The quantitative estimate of drug-likeness (QED) is 0.0411. The third kappa shape index (κ3) is 20.5. The van der Waals surface area contributed by atoms with Crippen molar-refractivity contribution in [3.8, 4) is 9.75 Å². The molecule has 0 aliphatic carbocycles. The molecule has 3 aliphatic heterocycles. The number of thiophene rings is 4. The lowest BCUT2D eigenvalue weighted by Crippen LogP contribution is -2.35. The fourth-order valence-corrected chi connectivity index (χ4v) is 19.1. The van der Waals surface area contributed by atoms with Crippen LogP contribution in [0.15, 0.2) is 48.5 Å². The van der Waals surface area contributed by atoms with Crippen molar-refractivity contribution in [1.29, 1.82) is 0 Å². The Balaban J connectivity index is 1.17. The van der Waals surface area contributed by atoms with Crippen molar-refractivity contribution in [3.63, 3.8) is 0 Å². The number of amides is 2. The van der Waals surface area contributed by atoms with Crippen molar-refractivity contribution in [2.24, 2.45) is 17.6 Å². The predicted molar refractivity (Wildman–Crippen MR) is 386 cm³/mol. The number of hydrogen-bond acceptors (Lipinski definition) is 7. The number of carbonyl (C=O) groups excluding carboxylic acids is 2. The number of nitrogens with zero attached hydrogens (tertiary/aromatic N) is 2. The first-order valence-electron chi connectivity index (χ1n) is 36.4. The summed E-state index contributed by atoms with van der Waals surface area (Å²) in [7, 11) is 0. The van der Waals surface area contributed by atoms with Gasteiger partial charge in [0.1, 0.15) is 0 Å². The maximum absolute atomic E-state index is 15.9. The highest BCUT2D eigenvalue weighted by Crippen LogP contribution is 2.45. The lowest BCUT2D eigenvalue weighted by molar-refractivity contribution is -0.114. The maximum atomic E-state index is 15.9. The summed E-state index contributed by atoms with van der Waals surface area (Å²) in [6, 6.07) is 18.4. The third-order valence-electron chi connectivity index (χ3n) is 19.9. The summed E-state index contributed by atoms with van der Waals surface area (Å²) < 4.78 is 2.70. The van der Waals surface area contributed by atoms with Gasteiger partial charge in [-0.25, -0.2) is 0 Å². The smallest absolute Gasteiger partial charge is 0.260 e. The zero-order chi connectivity index (χ0) is 61.4. The van der Waals surface area contributed by atoms with E-state index in [0.29, 0.717) is 11.8 Å². The molecular formula is C78H119N3O2S4. The van der Waals surface area contributed by atoms with Gasteiger partial charge in [-0.15, -0.1) is 45.3 Å². The van der Waals surface area contributed by atoms with Crippen LogP contribution in [0.4, 0.5) is 11.4 Å². The normalized spacial score (nSPS) is 18.5. The monoisotopic (exact) mass is 1260 g/mol. The van der Waals surface area contributed by atoms with Gasteiger partial charge in [0.15, 0.2) is 0 Å². The molecule has 482 valence electrons. The summed E-state index contributed by atoms with van der Waals surface area (Å²) in [5.41, 5.74) is 10.6. The Morgan fingerprint density at radius 1 is 0.506 bits per heavy atom. The third-order valence-corrected chi connectivity index (χ3v) is 25.3. The number of carbonyl (C=O) groups is 2. The van der Waals surface area contributed by atoms with E-state index in [0.717, 1.165) is 99.2 Å². The maximum Gasteiger partial charge on any atom is 0.260 e. The SMILES string of the molecule is CCCCCCCCCCCCC1CCCCCCCCCCC(C)(N)c2ccc(s2)C2=c3cc4c(cc3N(CC(CCCCCCCCCC)CCCCCCCCCCCC)C2=O)=C(c2ccc(-c3cc5sc(C(C)(C)C)cc5s3)s2)C(=O)N4C1. The van der Waals surface area contributed by atoms with E-state index in [4.69, 9.17) is 5.73 Å². The van der Waals surface area contributed by atoms with Gasteiger partial charge in [-0.1, -0.05) is 273 Å². The van der Waals surface area contributed by atoms with E-state index >= 15 is 9.59 Å². The van der Waals surface area contributed by atoms with E-state index in [9.17, 15) is 0 Å². The van der Waals surface area contributed by atoms with Gasteiger partial charge in [0.05, 0.1) is 22.5 Å². The minimum absolute atomic E-state index is 0.120. The Morgan fingerprint density at radius 2 is 0.977 bits per heavy atom. The van der Waals surface area contributed by atoms with Gasteiger partial charge < -0.3 is 15.5 Å². The molecule has 0 fully saturated rings. The van der Waals surface area contributed by atoms with E-state index in [1.54, 1.807) is 22.7 Å². The summed E-state index contributed by atoms with van der Waals surface area (Å²) in [6.07, 6.45) is 52.6. The van der Waals surface area contributed by atoms with Crippen molar-refractivity contribution >= 4 is 89.1 Å². The molecule has 3 unspecified atom stereocenters. The van der Waals surface area contributed by atoms with Crippen molar-refractivity contribution in [2.75, 3.05) is 22.9 Å². The summed E-state index contributed by atoms with van der Waals surface area (Å²) in [6.45, 7) is 17.5. The topological polar surface area (TPSA) is 66.6 Å². The van der Waals surface area contributed by atoms with Crippen molar-refractivity contribution in [1.82, 2.24) is 0 Å². The lowest BCUT2D eigenvalue weighted by atomic mass is 9.92. The Labute approximate surface area is 546 Å². The number of nitrogens with two attached hydrogens (primary N) is 1. The van der Waals surface area contributed by atoms with Gasteiger partial charge >= 0.3 is 0 Å². The second kappa shape index (κ2) is 36.2. The van der Waals surface area contributed by atoms with E-state index < -0.39 is 5.54 Å². The number of benzene rings is 1. The van der Waals surface area contributed by atoms with Gasteiger partial charge in [0.25, 0.3) is 11.8 Å². The minimum Gasteiger partial charge on any atom is -0.321 e. The Morgan fingerprint density at radius 3 is 1.55 bits per heavy atom. The van der Waals surface area contributed by atoms with Crippen LogP contribution in [-0.2, 0) is 20.5 Å². The number of fused-ring (bicyclic) bond motifs is 4. The van der Waals surface area contributed by atoms with E-state index in [1.165, 1.54) is 249 Å². The molecule has 0 saturated heterocycles. The van der Waals surface area contributed by atoms with Crippen LogP contribution in [0.3, 0.4) is 0 Å². The molecule has 4 bridgehead atoms. The van der Waals surface area contributed by atoms with E-state index in [1.807, 2.05) is 22.7 Å². The van der Waals surface area contributed by atoms with Crippen LogP contribution < -0.4 is 26.0 Å². The summed E-state index contributed by atoms with van der Waals surface area (Å²) in [5, 5.41) is 2.02. The average molecular weight is 1260 g/mol. The molecule has 7 heterocycles. The molecule has 9 heteroatoms. The molecule has 5 aromatic rings. The average Bonchev–Trinajstić information content (AvgIpc) is 1.70. The molecular weight excluding hydrogens is 1140 g/mol. The Hall–Kier alpha value is -3.08. The molecule has 8 rings (SSSR count). The standard InChI is InChI=1S/C78H119N3O2S4/c1-8-11-14-17-20-23-25-30-35-40-45-59-46-42-37-32-27-28-33-38-43-52-78(7,79)71-51-50-67(86-71)74-62-54-63-61(73(75(82)80(63)57-59)66-49-48-65(84-66)68-55-69-70(85-68)56-72(87-69)77(4,5)6)53-64(62)81(76(74)83)58-60(44-39-34-29-22-19-16-13-10-3)47-41-36-31-26-24-21-18-15-12-9-2/h48-51,53-56,59-60H,8-47,52,57-58,79H2,1-7H3. The minimum atomic E-state index is -0.468. The van der Waals surface area contributed by atoms with Gasteiger partial charge in [-0.2, -0.15) is 0 Å². The molecule has 0 saturated carbocycles. The van der Waals surface area contributed by atoms with Crippen LogP contribution in [0.5, 0.6) is 0 Å². The number of anilines is 2. The molecule has 5 nitrogen and oxygen atoms in total. The highest BCUT2D eigenvalue weighted by atomic mass is 32.1. The van der Waals surface area contributed by atoms with Gasteiger partial charge in [-0.3, -0.25) is 9.59 Å². The molecule has 3 aliphatic rings. The molecule has 2 amide bonds. The molecule has 4 aromatic heterocycles. The number of hydrogen-bond donors (Lipinski definition) is 1. The van der Waals surface area contributed by atoms with Crippen LogP contribution >= 0.6 is 45.3 Å². The highest BCUT2D eigenvalue weighted by molar-refractivity contribution is 7.31. The highest BCUT2D eigenvalue weighted by Gasteiger charge is 2.39. The summed E-state index contributed by atoms with van der Waals surface area (Å²) in [4.78, 5) is 43.4. The van der Waals surface area contributed by atoms with Crippen molar-refractivity contribution < 1.29 is 9.59 Å². The molecule has 87 heavy (non-hydrogen) atoms. The van der Waals surface area contributed by atoms with Crippen molar-refractivity contribution in [2.45, 2.75) is 323 Å². The largest absolute Gasteiger partial charge is 0.321 e.